The molecule has 0 atom stereocenters. The van der Waals surface area contributed by atoms with Gasteiger partial charge in [-0.1, -0.05) is 0 Å². The Kier molecular flexibility index (Phi) is 4.72. The summed E-state index contributed by atoms with van der Waals surface area (Å²) in [6.45, 7) is 4.19. The first-order chi connectivity index (χ1) is 10.8. The number of hydrogen-bond acceptors (Lipinski definition) is 4. The number of carbonyl (C=O) groups excluding carboxylic acids is 1. The summed E-state index contributed by atoms with van der Waals surface area (Å²) in [7, 11) is 0. The highest BCUT2D eigenvalue weighted by molar-refractivity contribution is 7.07. The number of hydrogen-bond donors (Lipinski definition) is 1. The lowest BCUT2D eigenvalue weighted by Gasteiger charge is -2.22. The fourth-order valence-electron chi connectivity index (χ4n) is 2.45. The molecule has 7 heteroatoms. The maximum atomic E-state index is 12.4. The van der Waals surface area contributed by atoms with Crippen LogP contribution in [0.5, 0.6) is 0 Å². The third-order valence-electron chi connectivity index (χ3n) is 3.84. The van der Waals surface area contributed by atoms with Gasteiger partial charge in [-0.15, -0.1) is 10.2 Å². The molecule has 6 nitrogen and oxygen atoms in total. The summed E-state index contributed by atoms with van der Waals surface area (Å²) in [6, 6.07) is 2.51. The van der Waals surface area contributed by atoms with Gasteiger partial charge in [0, 0.05) is 32.1 Å². The summed E-state index contributed by atoms with van der Waals surface area (Å²) in [5.41, 5.74) is 1.21. The quantitative estimate of drug-likeness (QED) is 0.851. The van der Waals surface area contributed by atoms with Gasteiger partial charge in [-0.2, -0.15) is 11.3 Å². The van der Waals surface area contributed by atoms with Crippen molar-refractivity contribution in [3.63, 3.8) is 0 Å². The number of nitrogens with zero attached hydrogens (tertiary/aromatic N) is 4. The van der Waals surface area contributed by atoms with Crippen molar-refractivity contribution in [2.75, 3.05) is 6.54 Å². The van der Waals surface area contributed by atoms with Crippen molar-refractivity contribution in [2.24, 2.45) is 0 Å². The monoisotopic (exact) mass is 319 g/mol. The molecule has 0 saturated heterocycles. The molecule has 1 aliphatic rings. The average Bonchev–Trinajstić information content (AvgIpc) is 3.04. The van der Waals surface area contributed by atoms with Gasteiger partial charge in [-0.3, -0.25) is 0 Å². The second-order valence-electron chi connectivity index (χ2n) is 5.51. The molecule has 22 heavy (non-hydrogen) atoms. The lowest BCUT2D eigenvalue weighted by Crippen LogP contribution is -2.41. The Hall–Kier alpha value is -1.89. The lowest BCUT2D eigenvalue weighted by molar-refractivity contribution is 0.192. The van der Waals surface area contributed by atoms with Gasteiger partial charge in [-0.25, -0.2) is 4.79 Å². The van der Waals surface area contributed by atoms with Gasteiger partial charge >= 0.3 is 6.03 Å². The SMILES string of the molecule is CCn1cnnc1CCNC(=O)N(Cc1ccsc1)C1CC1. The zero-order chi connectivity index (χ0) is 15.4. The van der Waals surface area contributed by atoms with E-state index >= 15 is 0 Å². The molecule has 1 fully saturated rings. The number of rotatable bonds is 7. The fraction of sp³-hybridized carbons (Fsp3) is 0.533. The van der Waals surface area contributed by atoms with Gasteiger partial charge in [0.1, 0.15) is 12.2 Å². The van der Waals surface area contributed by atoms with E-state index in [0.29, 0.717) is 25.6 Å². The first kappa shape index (κ1) is 15.0. The molecule has 0 aromatic carbocycles. The van der Waals surface area contributed by atoms with E-state index in [1.54, 1.807) is 17.7 Å². The molecule has 1 aliphatic carbocycles. The predicted octanol–water partition coefficient (Wildman–Crippen LogP) is 2.28. The summed E-state index contributed by atoms with van der Waals surface area (Å²) >= 11 is 1.67. The van der Waals surface area contributed by atoms with E-state index in [1.165, 1.54) is 5.56 Å². The Morgan fingerprint density at radius 1 is 1.55 bits per heavy atom. The molecule has 118 valence electrons. The number of aryl methyl sites for hydroxylation is 1. The van der Waals surface area contributed by atoms with Crippen molar-refractivity contribution >= 4 is 17.4 Å². The fourth-order valence-corrected chi connectivity index (χ4v) is 3.11. The maximum Gasteiger partial charge on any atom is 0.317 e. The van der Waals surface area contributed by atoms with Crippen LogP contribution < -0.4 is 5.32 Å². The zero-order valence-corrected chi connectivity index (χ0v) is 13.6. The van der Waals surface area contributed by atoms with Crippen molar-refractivity contribution in [1.29, 1.82) is 0 Å². The highest BCUT2D eigenvalue weighted by Gasteiger charge is 2.32. The highest BCUT2D eigenvalue weighted by Crippen LogP contribution is 2.28. The second kappa shape index (κ2) is 6.91. The third-order valence-corrected chi connectivity index (χ3v) is 4.57. The molecule has 3 rings (SSSR count). The van der Waals surface area contributed by atoms with Crippen LogP contribution in [-0.4, -0.2) is 38.3 Å². The maximum absolute atomic E-state index is 12.4. The van der Waals surface area contributed by atoms with E-state index in [1.807, 2.05) is 9.47 Å². The highest BCUT2D eigenvalue weighted by atomic mass is 32.1. The van der Waals surface area contributed by atoms with Gasteiger partial charge in [0.15, 0.2) is 0 Å². The summed E-state index contributed by atoms with van der Waals surface area (Å²) < 4.78 is 2.00. The number of nitrogens with one attached hydrogen (secondary N) is 1. The van der Waals surface area contributed by atoms with E-state index in [9.17, 15) is 4.79 Å². The first-order valence-corrected chi connectivity index (χ1v) is 8.64. The number of amides is 2. The minimum absolute atomic E-state index is 0.0243. The second-order valence-corrected chi connectivity index (χ2v) is 6.29. The number of carbonyl (C=O) groups is 1. The lowest BCUT2D eigenvalue weighted by atomic mass is 10.3. The molecule has 0 radical (unpaired) electrons. The first-order valence-electron chi connectivity index (χ1n) is 7.70. The Bertz CT molecular complexity index is 605. The molecule has 2 heterocycles. The predicted molar refractivity (Wildman–Crippen MR) is 85.7 cm³/mol. The molecule has 1 saturated carbocycles. The largest absolute Gasteiger partial charge is 0.338 e. The number of thiophene rings is 1. The smallest absolute Gasteiger partial charge is 0.317 e. The van der Waals surface area contributed by atoms with E-state index in [2.05, 4.69) is 39.3 Å². The van der Waals surface area contributed by atoms with Gasteiger partial charge in [0.05, 0.1) is 0 Å². The average molecular weight is 319 g/mol. The molecule has 0 spiro atoms. The van der Waals surface area contributed by atoms with E-state index in [0.717, 1.165) is 25.2 Å². The van der Waals surface area contributed by atoms with Crippen LogP contribution in [0.3, 0.4) is 0 Å². The molecule has 1 N–H and O–H groups in total. The van der Waals surface area contributed by atoms with Crippen LogP contribution in [0.1, 0.15) is 31.2 Å². The Balaban J connectivity index is 1.51. The molecular formula is C15H21N5OS. The van der Waals surface area contributed by atoms with E-state index in [-0.39, 0.29) is 6.03 Å². The van der Waals surface area contributed by atoms with Crippen LogP contribution in [0, 0.1) is 0 Å². The Morgan fingerprint density at radius 2 is 2.41 bits per heavy atom. The van der Waals surface area contributed by atoms with Crippen LogP contribution in [-0.2, 0) is 19.5 Å². The summed E-state index contributed by atoms with van der Waals surface area (Å²) in [6.07, 6.45) is 4.66. The number of aromatic nitrogens is 3. The van der Waals surface area contributed by atoms with Crippen molar-refractivity contribution in [2.45, 2.75) is 45.3 Å². The van der Waals surface area contributed by atoms with Crippen LogP contribution in [0.2, 0.25) is 0 Å². The molecule has 2 aromatic heterocycles. The van der Waals surface area contributed by atoms with E-state index < -0.39 is 0 Å². The van der Waals surface area contributed by atoms with Crippen LogP contribution in [0.4, 0.5) is 4.79 Å². The van der Waals surface area contributed by atoms with Crippen molar-refractivity contribution in [3.8, 4) is 0 Å². The summed E-state index contributed by atoms with van der Waals surface area (Å²) in [4.78, 5) is 14.4. The van der Waals surface area contributed by atoms with Crippen molar-refractivity contribution < 1.29 is 4.79 Å². The van der Waals surface area contributed by atoms with Crippen molar-refractivity contribution in [1.82, 2.24) is 25.0 Å². The normalized spacial score (nSPS) is 14.0. The van der Waals surface area contributed by atoms with E-state index in [4.69, 9.17) is 0 Å². The van der Waals surface area contributed by atoms with Crippen LogP contribution >= 0.6 is 11.3 Å². The van der Waals surface area contributed by atoms with Crippen molar-refractivity contribution in [3.05, 3.63) is 34.5 Å². The van der Waals surface area contributed by atoms with Gasteiger partial charge in [-0.05, 0) is 42.2 Å². The molecule has 0 bridgehead atoms. The Morgan fingerprint density at radius 3 is 3.09 bits per heavy atom. The summed E-state index contributed by atoms with van der Waals surface area (Å²) in [5.74, 6) is 0.915. The third kappa shape index (κ3) is 3.65. The zero-order valence-electron chi connectivity index (χ0n) is 12.7. The molecule has 2 amide bonds. The molecule has 2 aromatic rings. The van der Waals surface area contributed by atoms with Crippen LogP contribution in [0.25, 0.3) is 0 Å². The van der Waals surface area contributed by atoms with Crippen LogP contribution in [0.15, 0.2) is 23.2 Å². The minimum Gasteiger partial charge on any atom is -0.338 e. The summed E-state index contributed by atoms with van der Waals surface area (Å²) in [5, 5.41) is 15.2. The topological polar surface area (TPSA) is 63.1 Å². The standard InChI is InChI=1S/C15H21N5OS/c1-2-19-11-17-18-14(19)5-7-16-15(21)20(13-3-4-13)9-12-6-8-22-10-12/h6,8,10-11,13H,2-5,7,9H2,1H3,(H,16,21). The molecule has 0 aliphatic heterocycles. The molecular weight excluding hydrogens is 298 g/mol. The van der Waals surface area contributed by atoms with Gasteiger partial charge < -0.3 is 14.8 Å². The Labute approximate surface area is 134 Å². The van der Waals surface area contributed by atoms with Gasteiger partial charge in [0.25, 0.3) is 0 Å². The minimum atomic E-state index is 0.0243. The van der Waals surface area contributed by atoms with Gasteiger partial charge in [0.2, 0.25) is 0 Å². The number of urea groups is 1. The molecule has 0 unspecified atom stereocenters.